The fourth-order valence-electron chi connectivity index (χ4n) is 1.73. The van der Waals surface area contributed by atoms with E-state index in [1.54, 1.807) is 42.6 Å². The number of hydrogen-bond acceptors (Lipinski definition) is 3. The van der Waals surface area contributed by atoms with Crippen LogP contribution in [-0.4, -0.2) is 29.9 Å². The molecule has 2 aromatic rings. The lowest BCUT2D eigenvalue weighted by Gasteiger charge is -2.10. The Bertz CT molecular complexity index is 593. The summed E-state index contributed by atoms with van der Waals surface area (Å²) in [6.45, 7) is 0.750. The summed E-state index contributed by atoms with van der Waals surface area (Å²) >= 11 is 0. The van der Waals surface area contributed by atoms with Crippen LogP contribution in [0.3, 0.4) is 0 Å². The van der Waals surface area contributed by atoms with E-state index in [9.17, 15) is 9.59 Å². The van der Waals surface area contributed by atoms with E-state index in [1.165, 1.54) is 0 Å². The first-order chi connectivity index (χ1) is 9.72. The Hall–Kier alpha value is -2.60. The molecule has 0 aliphatic rings. The smallest absolute Gasteiger partial charge is 0.272 e. The zero-order valence-electron chi connectivity index (χ0n) is 10.8. The number of benzene rings is 1. The number of amides is 2. The molecule has 1 aromatic heterocycles. The van der Waals surface area contributed by atoms with Gasteiger partial charge in [-0.2, -0.15) is 0 Å². The van der Waals surface area contributed by atoms with Crippen molar-refractivity contribution in [2.24, 2.45) is 5.73 Å². The van der Waals surface area contributed by atoms with E-state index in [0.717, 1.165) is 0 Å². The van der Waals surface area contributed by atoms with Gasteiger partial charge in [0.2, 0.25) is 0 Å². The molecule has 0 unspecified atom stereocenters. The van der Waals surface area contributed by atoms with Gasteiger partial charge in [-0.25, -0.2) is 0 Å². The lowest BCUT2D eigenvalue weighted by molar-refractivity contribution is 0.0955. The van der Waals surface area contributed by atoms with Crippen LogP contribution in [0.25, 0.3) is 0 Å². The number of carbonyl (C=O) groups is 2. The molecule has 20 heavy (non-hydrogen) atoms. The molecule has 0 bridgehead atoms. The first-order valence-electron chi connectivity index (χ1n) is 6.24. The minimum absolute atomic E-state index is 0.266. The van der Waals surface area contributed by atoms with Gasteiger partial charge in [0, 0.05) is 19.3 Å². The number of nitrogens with one attached hydrogen (secondary N) is 3. The predicted molar refractivity (Wildman–Crippen MR) is 76.6 cm³/mol. The maximum Gasteiger partial charge on any atom is 0.272 e. The van der Waals surface area contributed by atoms with Gasteiger partial charge in [0.25, 0.3) is 11.8 Å². The number of carbonyl (C=O) groups excluding carboxylic acids is 2. The van der Waals surface area contributed by atoms with Crippen LogP contribution >= 0.6 is 0 Å². The summed E-state index contributed by atoms with van der Waals surface area (Å²) in [7, 11) is 0. The van der Waals surface area contributed by atoms with Crippen LogP contribution in [0.4, 0.5) is 5.69 Å². The van der Waals surface area contributed by atoms with Crippen LogP contribution in [0.2, 0.25) is 0 Å². The summed E-state index contributed by atoms with van der Waals surface area (Å²) in [5, 5.41) is 5.38. The number of aromatic amines is 1. The SMILES string of the molecule is NCCNC(=O)c1ccccc1NC(=O)c1ccc[nH]1. The van der Waals surface area contributed by atoms with E-state index < -0.39 is 0 Å². The Morgan fingerprint density at radius 1 is 1.10 bits per heavy atom. The highest BCUT2D eigenvalue weighted by molar-refractivity contribution is 6.08. The highest BCUT2D eigenvalue weighted by atomic mass is 16.2. The Balaban J connectivity index is 2.15. The highest BCUT2D eigenvalue weighted by Gasteiger charge is 2.13. The number of rotatable bonds is 5. The Morgan fingerprint density at radius 3 is 2.60 bits per heavy atom. The summed E-state index contributed by atoms with van der Waals surface area (Å²) in [5.41, 5.74) is 6.65. The number of H-pyrrole nitrogens is 1. The van der Waals surface area contributed by atoms with Crippen molar-refractivity contribution in [1.29, 1.82) is 0 Å². The van der Waals surface area contributed by atoms with Crippen LogP contribution in [-0.2, 0) is 0 Å². The third-order valence-electron chi connectivity index (χ3n) is 2.69. The van der Waals surface area contributed by atoms with Gasteiger partial charge in [-0.1, -0.05) is 12.1 Å². The fourth-order valence-corrected chi connectivity index (χ4v) is 1.73. The first-order valence-corrected chi connectivity index (χ1v) is 6.24. The summed E-state index contributed by atoms with van der Waals surface area (Å²) in [4.78, 5) is 26.7. The monoisotopic (exact) mass is 272 g/mol. The number of para-hydroxylation sites is 1. The molecule has 0 saturated carbocycles. The van der Waals surface area contributed by atoms with E-state index in [0.29, 0.717) is 30.0 Å². The van der Waals surface area contributed by atoms with Crippen LogP contribution in [0.1, 0.15) is 20.8 Å². The standard InChI is InChI=1S/C14H16N4O2/c15-7-9-17-13(19)10-4-1-2-5-11(10)18-14(20)12-6-3-8-16-12/h1-6,8,16H,7,9,15H2,(H,17,19)(H,18,20). The van der Waals surface area contributed by atoms with E-state index in [-0.39, 0.29) is 11.8 Å². The van der Waals surface area contributed by atoms with Crippen LogP contribution in [0, 0.1) is 0 Å². The Kier molecular flexibility index (Phi) is 4.52. The molecule has 0 aliphatic carbocycles. The van der Waals surface area contributed by atoms with E-state index >= 15 is 0 Å². The number of anilines is 1. The van der Waals surface area contributed by atoms with Gasteiger partial charge in [-0.05, 0) is 24.3 Å². The molecular weight excluding hydrogens is 256 g/mol. The van der Waals surface area contributed by atoms with Gasteiger partial charge in [0.05, 0.1) is 11.3 Å². The fraction of sp³-hybridized carbons (Fsp3) is 0.143. The molecular formula is C14H16N4O2. The second kappa shape index (κ2) is 6.53. The second-order valence-corrected chi connectivity index (χ2v) is 4.13. The molecule has 5 N–H and O–H groups in total. The minimum atomic E-state index is -0.297. The molecule has 0 radical (unpaired) electrons. The molecule has 2 amide bonds. The van der Waals surface area contributed by atoms with Crippen molar-refractivity contribution in [2.75, 3.05) is 18.4 Å². The summed E-state index contributed by atoms with van der Waals surface area (Å²) in [6.07, 6.45) is 1.66. The number of nitrogens with two attached hydrogens (primary N) is 1. The van der Waals surface area contributed by atoms with E-state index in [4.69, 9.17) is 5.73 Å². The molecule has 1 heterocycles. The van der Waals surface area contributed by atoms with Crippen LogP contribution in [0.5, 0.6) is 0 Å². The summed E-state index contributed by atoms with van der Waals surface area (Å²) < 4.78 is 0. The maximum atomic E-state index is 12.0. The van der Waals surface area contributed by atoms with Gasteiger partial charge in [-0.3, -0.25) is 9.59 Å². The normalized spacial score (nSPS) is 10.1. The largest absolute Gasteiger partial charge is 0.357 e. The average Bonchev–Trinajstić information content (AvgIpc) is 2.99. The third-order valence-corrected chi connectivity index (χ3v) is 2.69. The van der Waals surface area contributed by atoms with Crippen LogP contribution in [0.15, 0.2) is 42.6 Å². The summed E-state index contributed by atoms with van der Waals surface area (Å²) in [5.74, 6) is -0.563. The second-order valence-electron chi connectivity index (χ2n) is 4.13. The number of hydrogen-bond donors (Lipinski definition) is 4. The Morgan fingerprint density at radius 2 is 1.90 bits per heavy atom. The van der Waals surface area contributed by atoms with Gasteiger partial charge >= 0.3 is 0 Å². The molecule has 0 aliphatic heterocycles. The topological polar surface area (TPSA) is 100 Å². The Labute approximate surface area is 116 Å². The molecule has 6 heteroatoms. The number of aromatic nitrogens is 1. The first kappa shape index (κ1) is 13.8. The quantitative estimate of drug-likeness (QED) is 0.652. The van der Waals surface area contributed by atoms with Crippen molar-refractivity contribution in [2.45, 2.75) is 0 Å². The van der Waals surface area contributed by atoms with Crippen molar-refractivity contribution in [3.05, 3.63) is 53.9 Å². The molecule has 2 rings (SSSR count). The van der Waals surface area contributed by atoms with Gasteiger partial charge < -0.3 is 21.4 Å². The lowest BCUT2D eigenvalue weighted by Crippen LogP contribution is -2.30. The maximum absolute atomic E-state index is 12.0. The molecule has 0 spiro atoms. The molecule has 0 saturated heterocycles. The van der Waals surface area contributed by atoms with Crippen molar-refractivity contribution in [3.63, 3.8) is 0 Å². The van der Waals surface area contributed by atoms with Crippen molar-refractivity contribution >= 4 is 17.5 Å². The predicted octanol–water partition coefficient (Wildman–Crippen LogP) is 0.955. The van der Waals surface area contributed by atoms with E-state index in [1.807, 2.05) is 0 Å². The van der Waals surface area contributed by atoms with Crippen molar-refractivity contribution < 1.29 is 9.59 Å². The highest BCUT2D eigenvalue weighted by Crippen LogP contribution is 2.15. The molecule has 104 valence electrons. The summed E-state index contributed by atoms with van der Waals surface area (Å²) in [6, 6.07) is 10.2. The van der Waals surface area contributed by atoms with Gasteiger partial charge in [0.1, 0.15) is 5.69 Å². The molecule has 0 atom stereocenters. The average molecular weight is 272 g/mol. The van der Waals surface area contributed by atoms with Crippen LogP contribution < -0.4 is 16.4 Å². The van der Waals surface area contributed by atoms with Gasteiger partial charge in [0.15, 0.2) is 0 Å². The van der Waals surface area contributed by atoms with Crippen molar-refractivity contribution in [3.8, 4) is 0 Å². The van der Waals surface area contributed by atoms with E-state index in [2.05, 4.69) is 15.6 Å². The minimum Gasteiger partial charge on any atom is -0.357 e. The lowest BCUT2D eigenvalue weighted by atomic mass is 10.1. The van der Waals surface area contributed by atoms with Gasteiger partial charge in [-0.15, -0.1) is 0 Å². The molecule has 0 fully saturated rings. The zero-order valence-corrected chi connectivity index (χ0v) is 10.8. The molecule has 1 aromatic carbocycles. The zero-order chi connectivity index (χ0) is 14.4. The molecule has 6 nitrogen and oxygen atoms in total. The van der Waals surface area contributed by atoms with Crippen molar-refractivity contribution in [1.82, 2.24) is 10.3 Å². The third kappa shape index (κ3) is 3.24.